The second-order valence-corrected chi connectivity index (χ2v) is 5.96. The second-order valence-electron chi connectivity index (χ2n) is 5.96. The van der Waals surface area contributed by atoms with Gasteiger partial charge in [0.15, 0.2) is 0 Å². The van der Waals surface area contributed by atoms with Gasteiger partial charge in [0, 0.05) is 12.1 Å². The van der Waals surface area contributed by atoms with Crippen LogP contribution in [-0.4, -0.2) is 22.6 Å². The molecule has 0 aliphatic heterocycles. The minimum absolute atomic E-state index is 0.0746. The number of hydrogen-bond acceptors (Lipinski definition) is 6. The first kappa shape index (κ1) is 19.2. The number of ether oxygens (including phenoxy) is 3. The Morgan fingerprint density at radius 3 is 2.25 bits per heavy atom. The van der Waals surface area contributed by atoms with E-state index >= 15 is 0 Å². The molecule has 0 N–H and O–H groups in total. The van der Waals surface area contributed by atoms with E-state index in [4.69, 9.17) is 14.2 Å². The van der Waals surface area contributed by atoms with Gasteiger partial charge in [-0.15, -0.1) is 0 Å². The van der Waals surface area contributed by atoms with Crippen molar-refractivity contribution in [3.63, 3.8) is 0 Å². The van der Waals surface area contributed by atoms with Crippen molar-refractivity contribution < 1.29 is 19.1 Å². The molecule has 0 radical (unpaired) electrons. The molecule has 3 aromatic rings. The third-order valence-electron chi connectivity index (χ3n) is 3.91. The molecule has 0 saturated heterocycles. The van der Waals surface area contributed by atoms with Crippen LogP contribution in [0.25, 0.3) is 0 Å². The Bertz CT molecular complexity index is 883. The fourth-order valence-electron chi connectivity index (χ4n) is 2.37. The molecule has 144 valence electrons. The van der Waals surface area contributed by atoms with Crippen LogP contribution in [0.2, 0.25) is 0 Å². The lowest BCUT2D eigenvalue weighted by Crippen LogP contribution is -2.24. The van der Waals surface area contributed by atoms with E-state index in [1.54, 1.807) is 0 Å². The van der Waals surface area contributed by atoms with Gasteiger partial charge in [0.1, 0.15) is 36.2 Å². The Balaban J connectivity index is 1.52. The van der Waals surface area contributed by atoms with Crippen LogP contribution in [-0.2, 0) is 0 Å². The smallest absolute Gasteiger partial charge is 0.287 e. The van der Waals surface area contributed by atoms with Crippen LogP contribution in [0.1, 0.15) is 13.3 Å². The van der Waals surface area contributed by atoms with E-state index in [0.29, 0.717) is 24.7 Å². The summed E-state index contributed by atoms with van der Waals surface area (Å²) in [6.45, 7) is 2.30. The minimum atomic E-state index is -0.498. The molecule has 0 fully saturated rings. The minimum Gasteiger partial charge on any atom is -0.490 e. The van der Waals surface area contributed by atoms with E-state index in [1.807, 2.05) is 61.5 Å². The van der Waals surface area contributed by atoms with Gasteiger partial charge in [-0.2, -0.15) is 0 Å². The maximum absolute atomic E-state index is 10.7. The summed E-state index contributed by atoms with van der Waals surface area (Å²) in [5, 5.41) is 10.7. The lowest BCUT2D eigenvalue weighted by molar-refractivity contribution is -0.385. The third kappa shape index (κ3) is 5.44. The van der Waals surface area contributed by atoms with Gasteiger partial charge in [-0.05, 0) is 42.8 Å². The molecule has 1 heterocycles. The summed E-state index contributed by atoms with van der Waals surface area (Å²) in [6.07, 6.45) is 1.65. The van der Waals surface area contributed by atoms with Gasteiger partial charge >= 0.3 is 0 Å². The van der Waals surface area contributed by atoms with Gasteiger partial charge in [-0.3, -0.25) is 10.1 Å². The quantitative estimate of drug-likeness (QED) is 0.383. The van der Waals surface area contributed by atoms with Crippen LogP contribution in [0.4, 0.5) is 5.69 Å². The number of nitrogens with zero attached hydrogens (tertiary/aromatic N) is 2. The van der Waals surface area contributed by atoms with Crippen LogP contribution in [0.3, 0.4) is 0 Å². The highest BCUT2D eigenvalue weighted by molar-refractivity contribution is 5.35. The monoisotopic (exact) mass is 380 g/mol. The number of nitro groups is 1. The third-order valence-corrected chi connectivity index (χ3v) is 3.91. The second kappa shape index (κ2) is 9.36. The topological polar surface area (TPSA) is 83.7 Å². The lowest BCUT2D eigenvalue weighted by Gasteiger charge is -2.17. The molecule has 0 bridgehead atoms. The highest BCUT2D eigenvalue weighted by Crippen LogP contribution is 2.24. The Labute approximate surface area is 162 Å². The summed E-state index contributed by atoms with van der Waals surface area (Å²) in [4.78, 5) is 14.1. The van der Waals surface area contributed by atoms with Crippen molar-refractivity contribution in [2.24, 2.45) is 0 Å². The van der Waals surface area contributed by atoms with Crippen LogP contribution < -0.4 is 14.2 Å². The Morgan fingerprint density at radius 2 is 1.64 bits per heavy atom. The molecule has 1 aromatic heterocycles. The van der Waals surface area contributed by atoms with Crippen molar-refractivity contribution in [3.05, 3.63) is 83.0 Å². The van der Waals surface area contributed by atoms with E-state index in [0.717, 1.165) is 11.5 Å². The lowest BCUT2D eigenvalue weighted by atomic mass is 10.3. The average molecular weight is 380 g/mol. The number of hydrogen-bond donors (Lipinski definition) is 0. The van der Waals surface area contributed by atoms with Gasteiger partial charge in [0.25, 0.3) is 5.69 Å². The van der Waals surface area contributed by atoms with Gasteiger partial charge < -0.3 is 14.2 Å². The highest BCUT2D eigenvalue weighted by atomic mass is 16.6. The summed E-state index contributed by atoms with van der Waals surface area (Å²) in [6, 6.07) is 19.7. The zero-order valence-electron chi connectivity index (χ0n) is 15.4. The number of aromatic nitrogens is 1. The normalized spacial score (nSPS) is 11.5. The first-order valence-corrected chi connectivity index (χ1v) is 8.87. The van der Waals surface area contributed by atoms with Gasteiger partial charge in [0.2, 0.25) is 5.88 Å². The van der Waals surface area contributed by atoms with Crippen molar-refractivity contribution in [3.8, 4) is 23.1 Å². The summed E-state index contributed by atoms with van der Waals surface area (Å²) in [5.41, 5.74) is -0.0746. The van der Waals surface area contributed by atoms with Crippen molar-refractivity contribution >= 4 is 5.69 Å². The standard InChI is InChI=1S/C21H20N2O5/c1-2-17(28-21-13-8-16(14-22-21)23(24)25)15-26-18-9-11-20(12-10-18)27-19-6-4-3-5-7-19/h3-14,17H,2,15H2,1H3. The van der Waals surface area contributed by atoms with Crippen molar-refractivity contribution in [1.82, 2.24) is 4.98 Å². The molecule has 7 nitrogen and oxygen atoms in total. The van der Waals surface area contributed by atoms with Gasteiger partial charge in [-0.25, -0.2) is 4.98 Å². The summed E-state index contributed by atoms with van der Waals surface area (Å²) in [5.74, 6) is 2.51. The van der Waals surface area contributed by atoms with Crippen LogP contribution in [0.5, 0.6) is 23.1 Å². The maximum Gasteiger partial charge on any atom is 0.287 e. The van der Waals surface area contributed by atoms with Crippen LogP contribution in [0, 0.1) is 10.1 Å². The first-order valence-electron chi connectivity index (χ1n) is 8.87. The van der Waals surface area contributed by atoms with Gasteiger partial charge in [0.05, 0.1) is 4.92 Å². The molecule has 7 heteroatoms. The number of rotatable bonds is 9. The van der Waals surface area contributed by atoms with Crippen molar-refractivity contribution in [1.29, 1.82) is 0 Å². The van der Waals surface area contributed by atoms with E-state index in [1.165, 1.54) is 18.3 Å². The van der Waals surface area contributed by atoms with Crippen molar-refractivity contribution in [2.45, 2.75) is 19.4 Å². The molecular formula is C21H20N2O5. The fraction of sp³-hybridized carbons (Fsp3) is 0.190. The Hall–Kier alpha value is -3.61. The van der Waals surface area contributed by atoms with Crippen LogP contribution >= 0.6 is 0 Å². The molecule has 0 aliphatic carbocycles. The molecule has 0 spiro atoms. The zero-order valence-corrected chi connectivity index (χ0v) is 15.4. The van der Waals surface area contributed by atoms with Crippen molar-refractivity contribution in [2.75, 3.05) is 6.61 Å². The van der Waals surface area contributed by atoms with E-state index in [2.05, 4.69) is 4.98 Å². The number of pyridine rings is 1. The average Bonchev–Trinajstić information content (AvgIpc) is 2.73. The predicted molar refractivity (Wildman–Crippen MR) is 104 cm³/mol. The molecule has 1 atom stereocenters. The molecule has 0 amide bonds. The van der Waals surface area contributed by atoms with Gasteiger partial charge in [-0.1, -0.05) is 25.1 Å². The maximum atomic E-state index is 10.7. The zero-order chi connectivity index (χ0) is 19.8. The molecule has 28 heavy (non-hydrogen) atoms. The predicted octanol–water partition coefficient (Wildman–Crippen LogP) is 5.02. The van der Waals surface area contributed by atoms with Crippen LogP contribution in [0.15, 0.2) is 72.9 Å². The molecule has 1 unspecified atom stereocenters. The molecule has 0 saturated carbocycles. The summed E-state index contributed by atoms with van der Waals surface area (Å²) >= 11 is 0. The highest BCUT2D eigenvalue weighted by Gasteiger charge is 2.12. The molecular weight excluding hydrogens is 360 g/mol. The van der Waals surface area contributed by atoms with E-state index in [-0.39, 0.29) is 11.8 Å². The molecule has 3 rings (SSSR count). The largest absolute Gasteiger partial charge is 0.490 e. The molecule has 2 aromatic carbocycles. The van der Waals surface area contributed by atoms with E-state index in [9.17, 15) is 10.1 Å². The van der Waals surface area contributed by atoms with E-state index < -0.39 is 4.92 Å². The molecule has 0 aliphatic rings. The fourth-order valence-corrected chi connectivity index (χ4v) is 2.37. The summed E-state index contributed by atoms with van der Waals surface area (Å²) in [7, 11) is 0. The Kier molecular flexibility index (Phi) is 6.41. The number of para-hydroxylation sites is 1. The number of benzene rings is 2. The SMILES string of the molecule is CCC(COc1ccc(Oc2ccccc2)cc1)Oc1ccc([N+](=O)[O-])cn1. The summed E-state index contributed by atoms with van der Waals surface area (Å²) < 4.78 is 17.3. The Morgan fingerprint density at radius 1 is 0.964 bits per heavy atom. The first-order chi connectivity index (χ1) is 13.6.